The van der Waals surface area contributed by atoms with Gasteiger partial charge in [-0.3, -0.25) is 0 Å². The van der Waals surface area contributed by atoms with Crippen LogP contribution < -0.4 is 0 Å². The molecule has 7 aromatic carbocycles. The van der Waals surface area contributed by atoms with E-state index in [4.69, 9.17) is 19.4 Å². The van der Waals surface area contributed by atoms with E-state index in [2.05, 4.69) is 109 Å². The topological polar surface area (TPSA) is 51.8 Å². The minimum atomic E-state index is 0.611. The van der Waals surface area contributed by atoms with Crippen LogP contribution in [-0.4, -0.2) is 15.0 Å². The van der Waals surface area contributed by atoms with Crippen LogP contribution >= 0.6 is 0 Å². The zero-order chi connectivity index (χ0) is 32.6. The van der Waals surface area contributed by atoms with Gasteiger partial charge in [-0.2, -0.15) is 0 Å². The van der Waals surface area contributed by atoms with E-state index in [1.807, 2.05) is 66.7 Å². The zero-order valence-corrected chi connectivity index (χ0v) is 26.5. The maximum Gasteiger partial charge on any atom is 0.227 e. The molecular formula is C45H29N3O. The molecule has 4 nitrogen and oxygen atoms in total. The summed E-state index contributed by atoms with van der Waals surface area (Å²) in [6.45, 7) is 0. The number of hydrogen-bond donors (Lipinski definition) is 0. The first-order valence-electron chi connectivity index (χ1n) is 16.4. The van der Waals surface area contributed by atoms with Crippen molar-refractivity contribution >= 4 is 21.9 Å². The normalized spacial score (nSPS) is 11.3. The van der Waals surface area contributed by atoms with Gasteiger partial charge in [-0.1, -0.05) is 146 Å². The molecule has 9 aromatic rings. The highest BCUT2D eigenvalue weighted by Gasteiger charge is 2.18. The Morgan fingerprint density at radius 2 is 0.857 bits per heavy atom. The Hall–Kier alpha value is -6.65. The summed E-state index contributed by atoms with van der Waals surface area (Å²) in [5, 5.41) is 2.16. The minimum absolute atomic E-state index is 0.611. The van der Waals surface area contributed by atoms with Crippen LogP contribution in [0.25, 0.3) is 89.5 Å². The van der Waals surface area contributed by atoms with Gasteiger partial charge in [-0.05, 0) is 57.8 Å². The molecule has 0 atom stereocenters. The molecule has 0 aliphatic rings. The maximum absolute atomic E-state index is 6.43. The van der Waals surface area contributed by atoms with Crippen LogP contribution in [-0.2, 0) is 0 Å². The smallest absolute Gasteiger partial charge is 0.227 e. The number of fused-ring (bicyclic) bond motifs is 2. The van der Waals surface area contributed by atoms with Gasteiger partial charge in [-0.15, -0.1) is 0 Å². The average Bonchev–Trinajstić information content (AvgIpc) is 3.64. The van der Waals surface area contributed by atoms with Crippen molar-refractivity contribution in [2.45, 2.75) is 0 Å². The van der Waals surface area contributed by atoms with Gasteiger partial charge < -0.3 is 4.42 Å². The number of rotatable bonds is 6. The second kappa shape index (κ2) is 12.2. The molecule has 0 amide bonds. The molecule has 4 heteroatoms. The van der Waals surface area contributed by atoms with Crippen LogP contribution in [0.1, 0.15) is 0 Å². The molecule has 0 bridgehead atoms. The second-order valence-corrected chi connectivity index (χ2v) is 12.0. The van der Waals surface area contributed by atoms with Crippen LogP contribution in [0.15, 0.2) is 180 Å². The fourth-order valence-corrected chi connectivity index (χ4v) is 6.53. The first-order chi connectivity index (χ1) is 24.3. The highest BCUT2D eigenvalue weighted by molar-refractivity contribution is 6.07. The number of para-hydroxylation sites is 1. The van der Waals surface area contributed by atoms with Crippen LogP contribution in [0.3, 0.4) is 0 Å². The van der Waals surface area contributed by atoms with Crippen LogP contribution in [0.4, 0.5) is 0 Å². The van der Waals surface area contributed by atoms with Gasteiger partial charge in [0.15, 0.2) is 11.4 Å². The molecule has 49 heavy (non-hydrogen) atoms. The standard InChI is InChI=1S/C45H29N3O/c1-4-13-30(14-5-1)31-23-25-33(26-24-31)42-29-41(32-15-6-2-7-16-32)46-44(47-42)39-28-27-37(35-19-10-11-20-36(35)39)38-21-12-22-40-43(38)49-45(48-40)34-17-8-3-9-18-34/h1-29H. The monoisotopic (exact) mass is 627 g/mol. The highest BCUT2D eigenvalue weighted by atomic mass is 16.3. The zero-order valence-electron chi connectivity index (χ0n) is 26.5. The molecule has 0 aliphatic carbocycles. The van der Waals surface area contributed by atoms with Gasteiger partial charge in [0.2, 0.25) is 5.89 Å². The van der Waals surface area contributed by atoms with Crippen molar-refractivity contribution in [2.75, 3.05) is 0 Å². The lowest BCUT2D eigenvalue weighted by atomic mass is 9.94. The molecular weight excluding hydrogens is 599 g/mol. The largest absolute Gasteiger partial charge is 0.435 e. The van der Waals surface area contributed by atoms with Gasteiger partial charge in [0.05, 0.1) is 11.4 Å². The molecule has 0 saturated heterocycles. The lowest BCUT2D eigenvalue weighted by molar-refractivity contribution is 0.621. The number of hydrogen-bond acceptors (Lipinski definition) is 4. The van der Waals surface area contributed by atoms with Gasteiger partial charge in [0, 0.05) is 27.8 Å². The number of oxazole rings is 1. The summed E-state index contributed by atoms with van der Waals surface area (Å²) >= 11 is 0. The minimum Gasteiger partial charge on any atom is -0.435 e. The number of nitrogens with zero attached hydrogens (tertiary/aromatic N) is 3. The lowest BCUT2D eigenvalue weighted by Gasteiger charge is -2.14. The van der Waals surface area contributed by atoms with E-state index in [0.717, 1.165) is 66.6 Å². The predicted molar refractivity (Wildman–Crippen MR) is 200 cm³/mol. The summed E-state index contributed by atoms with van der Waals surface area (Å²) in [7, 11) is 0. The fraction of sp³-hybridized carbons (Fsp3) is 0. The number of aromatic nitrogens is 3. The summed E-state index contributed by atoms with van der Waals surface area (Å²) in [5.74, 6) is 1.29. The summed E-state index contributed by atoms with van der Waals surface area (Å²) in [5.41, 5.74) is 11.7. The van der Waals surface area contributed by atoms with Gasteiger partial charge >= 0.3 is 0 Å². The van der Waals surface area contributed by atoms with Crippen molar-refractivity contribution in [3.05, 3.63) is 176 Å². The van der Waals surface area contributed by atoms with Crippen molar-refractivity contribution in [2.24, 2.45) is 0 Å². The molecule has 230 valence electrons. The average molecular weight is 628 g/mol. The molecule has 2 aromatic heterocycles. The summed E-state index contributed by atoms with van der Waals surface area (Å²) in [6, 6.07) is 60.4. The third kappa shape index (κ3) is 5.35. The highest BCUT2D eigenvalue weighted by Crippen LogP contribution is 2.40. The Kier molecular flexibility index (Phi) is 7.10. The van der Waals surface area contributed by atoms with Crippen LogP contribution in [0, 0.1) is 0 Å². The fourth-order valence-electron chi connectivity index (χ4n) is 6.53. The Morgan fingerprint density at radius 1 is 0.347 bits per heavy atom. The molecule has 0 fully saturated rings. The van der Waals surface area contributed by atoms with E-state index in [-0.39, 0.29) is 0 Å². The first-order valence-corrected chi connectivity index (χ1v) is 16.4. The molecule has 0 N–H and O–H groups in total. The molecule has 0 spiro atoms. The van der Waals surface area contributed by atoms with E-state index in [9.17, 15) is 0 Å². The third-order valence-corrected chi connectivity index (χ3v) is 8.97. The quantitative estimate of drug-likeness (QED) is 0.184. The number of benzene rings is 7. The molecule has 0 radical (unpaired) electrons. The molecule has 9 rings (SSSR count). The molecule has 0 aliphatic heterocycles. The van der Waals surface area contributed by atoms with E-state index >= 15 is 0 Å². The van der Waals surface area contributed by atoms with E-state index in [0.29, 0.717) is 11.7 Å². The SMILES string of the molecule is c1ccc(-c2ccc(-c3cc(-c4ccccc4)nc(-c4ccc(-c5cccc6nc(-c7ccccc7)oc56)c5ccccc45)n3)cc2)cc1. The summed E-state index contributed by atoms with van der Waals surface area (Å²) in [6.07, 6.45) is 0. The van der Waals surface area contributed by atoms with Crippen LogP contribution in [0.5, 0.6) is 0 Å². The van der Waals surface area contributed by atoms with Gasteiger partial charge in [0.25, 0.3) is 0 Å². The van der Waals surface area contributed by atoms with Gasteiger partial charge in [-0.25, -0.2) is 15.0 Å². The maximum atomic E-state index is 6.43. The van der Waals surface area contributed by atoms with Crippen molar-refractivity contribution in [3.8, 4) is 67.6 Å². The summed E-state index contributed by atoms with van der Waals surface area (Å²) in [4.78, 5) is 15.2. The first kappa shape index (κ1) is 28.6. The third-order valence-electron chi connectivity index (χ3n) is 8.97. The Balaban J connectivity index is 1.19. The Labute approximate surface area is 284 Å². The van der Waals surface area contributed by atoms with E-state index in [1.165, 1.54) is 11.1 Å². The van der Waals surface area contributed by atoms with E-state index in [1.54, 1.807) is 0 Å². The summed E-state index contributed by atoms with van der Waals surface area (Å²) < 4.78 is 6.43. The van der Waals surface area contributed by atoms with E-state index < -0.39 is 0 Å². The van der Waals surface area contributed by atoms with Crippen molar-refractivity contribution in [3.63, 3.8) is 0 Å². The molecule has 0 saturated carbocycles. The van der Waals surface area contributed by atoms with Gasteiger partial charge in [0.1, 0.15) is 5.52 Å². The van der Waals surface area contributed by atoms with Crippen molar-refractivity contribution in [1.82, 2.24) is 15.0 Å². The Morgan fingerprint density at radius 3 is 1.53 bits per heavy atom. The van der Waals surface area contributed by atoms with Crippen molar-refractivity contribution < 1.29 is 4.42 Å². The molecule has 0 unspecified atom stereocenters. The van der Waals surface area contributed by atoms with Crippen molar-refractivity contribution in [1.29, 1.82) is 0 Å². The Bertz CT molecular complexity index is 2580. The van der Waals surface area contributed by atoms with Crippen LogP contribution in [0.2, 0.25) is 0 Å². The predicted octanol–water partition coefficient (Wildman–Crippen LogP) is 11.8. The molecule has 2 heterocycles. The lowest BCUT2D eigenvalue weighted by Crippen LogP contribution is -1.97. The second-order valence-electron chi connectivity index (χ2n) is 12.0.